The third-order valence-corrected chi connectivity index (χ3v) is 11.8. The summed E-state index contributed by atoms with van der Waals surface area (Å²) in [5.74, 6) is 8.26. The van der Waals surface area contributed by atoms with Crippen LogP contribution in [0.4, 0.5) is 0 Å². The number of aryl methyl sites for hydroxylation is 1. The van der Waals surface area contributed by atoms with Gasteiger partial charge in [-0.15, -0.1) is 0 Å². The monoisotopic (exact) mass is 848 g/mol. The van der Waals surface area contributed by atoms with Gasteiger partial charge >= 0.3 is 0 Å². The number of aromatic nitrogens is 4. The maximum absolute atomic E-state index is 13.3. The number of hydrogen-bond donors (Lipinski definition) is 4. The van der Waals surface area contributed by atoms with Crippen LogP contribution in [0.25, 0.3) is 22.5 Å². The number of hydrogen-bond acceptors (Lipinski definition) is 6. The summed E-state index contributed by atoms with van der Waals surface area (Å²) >= 11 is 0. The molecule has 62 heavy (non-hydrogen) atoms. The Hall–Kier alpha value is -6.13. The highest BCUT2D eigenvalue weighted by atomic mass is 32.2. The molecule has 11 nitrogen and oxygen atoms in total. The van der Waals surface area contributed by atoms with Crippen molar-refractivity contribution in [2.45, 2.75) is 63.5 Å². The maximum atomic E-state index is 13.3. The van der Waals surface area contributed by atoms with Gasteiger partial charge in [0.05, 0.1) is 47.4 Å². The van der Waals surface area contributed by atoms with Gasteiger partial charge in [0.1, 0.15) is 17.7 Å². The van der Waals surface area contributed by atoms with E-state index < -0.39 is 11.0 Å². The Bertz CT molecular complexity index is 2370. The third-order valence-electron chi connectivity index (χ3n) is 11.2. The molecule has 2 aromatic heterocycles. The summed E-state index contributed by atoms with van der Waals surface area (Å²) in [6, 6.07) is 38.0. The summed E-state index contributed by atoms with van der Waals surface area (Å²) in [4.78, 5) is 46.2. The van der Waals surface area contributed by atoms with E-state index in [1.807, 2.05) is 102 Å². The molecule has 2 fully saturated rings. The number of likely N-dealkylation sites (tertiary alicyclic amines) is 2. The van der Waals surface area contributed by atoms with Crippen LogP contribution < -0.4 is 10.0 Å². The first kappa shape index (κ1) is 43.9. The lowest BCUT2D eigenvalue weighted by atomic mass is 10.0. The zero-order valence-electron chi connectivity index (χ0n) is 35.4. The quantitative estimate of drug-likeness (QED) is 0.0653. The minimum atomic E-state index is -1.24. The largest absolute Gasteiger partial charge is 0.354 e. The zero-order valence-corrected chi connectivity index (χ0v) is 36.2. The Kier molecular flexibility index (Phi) is 16.0. The smallest absolute Gasteiger partial charge is 0.241 e. The van der Waals surface area contributed by atoms with E-state index >= 15 is 0 Å². The molecule has 4 heterocycles. The lowest BCUT2D eigenvalue weighted by Crippen LogP contribution is -2.43. The number of nitrogens with one attached hydrogen (secondary N) is 4. The number of imidazole rings is 2. The van der Waals surface area contributed by atoms with Crippen LogP contribution in [0.5, 0.6) is 0 Å². The van der Waals surface area contributed by atoms with Gasteiger partial charge in [0.2, 0.25) is 11.8 Å². The highest BCUT2D eigenvalue weighted by Gasteiger charge is 2.32. The van der Waals surface area contributed by atoms with E-state index in [1.165, 1.54) is 12.7 Å². The SMILES string of the molecule is CS(=O)NCC(=O)N1CCCC1c1ncc(-c2ccc(C#Cc3ccc(-c4cnc(CCCCNC(=O)C(c5ccccc5)N5CCCCC5)[nH]4)cc3)cc2)[nH]1.c1ccccc1. The maximum Gasteiger partial charge on any atom is 0.241 e. The molecule has 6 aromatic rings. The van der Waals surface area contributed by atoms with Crippen molar-refractivity contribution in [3.05, 3.63) is 156 Å². The second kappa shape index (κ2) is 22.6. The number of carbonyl (C=O) groups is 2. The van der Waals surface area contributed by atoms with Crippen LogP contribution in [-0.4, -0.2) is 84.7 Å². The molecule has 8 rings (SSSR count). The third kappa shape index (κ3) is 12.5. The van der Waals surface area contributed by atoms with Crippen molar-refractivity contribution in [3.8, 4) is 34.4 Å². The molecular weight excluding hydrogens is 793 g/mol. The molecule has 2 saturated heterocycles. The van der Waals surface area contributed by atoms with Gasteiger partial charge in [-0.25, -0.2) is 18.9 Å². The first-order valence-corrected chi connectivity index (χ1v) is 23.2. The average Bonchev–Trinajstić information content (AvgIpc) is 4.12. The van der Waals surface area contributed by atoms with Gasteiger partial charge in [-0.2, -0.15) is 0 Å². The number of carbonyl (C=O) groups excluding carboxylic acids is 2. The van der Waals surface area contributed by atoms with Crippen molar-refractivity contribution in [3.63, 3.8) is 0 Å². The molecule has 2 aliphatic rings. The van der Waals surface area contributed by atoms with Crippen LogP contribution >= 0.6 is 0 Å². The van der Waals surface area contributed by atoms with Crippen molar-refractivity contribution in [1.82, 2.24) is 39.8 Å². The van der Waals surface area contributed by atoms with Gasteiger partial charge < -0.3 is 20.2 Å². The lowest BCUT2D eigenvalue weighted by molar-refractivity contribution is -0.131. The number of piperidine rings is 1. The molecule has 320 valence electrons. The predicted octanol–water partition coefficient (Wildman–Crippen LogP) is 7.77. The highest BCUT2D eigenvalue weighted by molar-refractivity contribution is 7.82. The molecule has 0 saturated carbocycles. The molecule has 3 unspecified atom stereocenters. The minimum Gasteiger partial charge on any atom is -0.354 e. The summed E-state index contributed by atoms with van der Waals surface area (Å²) in [5, 5.41) is 3.21. The molecule has 3 atom stereocenters. The minimum absolute atomic E-state index is 0.0476. The Balaban J connectivity index is 0.000000887. The van der Waals surface area contributed by atoms with Crippen LogP contribution in [0.3, 0.4) is 0 Å². The standard InChI is InChI=1S/C44H50N8O3S.C6H6/c1-56(55)48-31-41(53)52-28-10-13-39(52)43-47-30-38(50-43)35-23-19-33(20-24-35)16-15-32-17-21-34(22-18-32)37-29-46-40(49-37)14-6-7-25-45-44(54)42(36-11-4-2-5-12-36)51-26-8-3-9-27-51;1-2-4-6-5-3-1/h2,4-5,11-12,17-24,29-30,39,42,48H,3,6-10,13-14,25-28,31H2,1H3,(H,45,54)(H,46,49)(H,47,50);1-6H. The first-order chi connectivity index (χ1) is 30.4. The molecule has 12 heteroatoms. The second-order valence-corrected chi connectivity index (χ2v) is 16.9. The Labute approximate surface area is 367 Å². The molecular formula is C50H56N8O3S. The average molecular weight is 849 g/mol. The van der Waals surface area contributed by atoms with Crippen molar-refractivity contribution in [2.75, 3.05) is 39.0 Å². The van der Waals surface area contributed by atoms with Gasteiger partial charge in [0, 0.05) is 36.9 Å². The van der Waals surface area contributed by atoms with E-state index in [4.69, 9.17) is 0 Å². The first-order valence-electron chi connectivity index (χ1n) is 21.7. The number of amides is 2. The lowest BCUT2D eigenvalue weighted by Gasteiger charge is -2.34. The summed E-state index contributed by atoms with van der Waals surface area (Å²) in [7, 11) is -1.24. The predicted molar refractivity (Wildman–Crippen MR) is 247 cm³/mol. The van der Waals surface area contributed by atoms with Crippen LogP contribution in [0.1, 0.15) is 85.4 Å². The summed E-state index contributed by atoms with van der Waals surface area (Å²) < 4.78 is 14.1. The fraction of sp³-hybridized carbons (Fsp3) is 0.320. The van der Waals surface area contributed by atoms with E-state index in [9.17, 15) is 13.8 Å². The normalized spacial score (nSPS) is 16.0. The molecule has 4 N–H and O–H groups in total. The Morgan fingerprint density at radius 2 is 1.34 bits per heavy atom. The number of rotatable bonds is 14. The van der Waals surface area contributed by atoms with Crippen molar-refractivity contribution < 1.29 is 13.8 Å². The number of nitrogens with zero attached hydrogens (tertiary/aromatic N) is 4. The Morgan fingerprint density at radius 1 is 0.742 bits per heavy atom. The van der Waals surface area contributed by atoms with Crippen molar-refractivity contribution in [1.29, 1.82) is 0 Å². The summed E-state index contributed by atoms with van der Waals surface area (Å²) in [6.45, 7) is 3.29. The molecule has 0 spiro atoms. The van der Waals surface area contributed by atoms with E-state index in [2.05, 4.69) is 71.0 Å². The molecule has 0 bridgehead atoms. The second-order valence-electron chi connectivity index (χ2n) is 15.7. The van der Waals surface area contributed by atoms with Crippen molar-refractivity contribution >= 4 is 22.8 Å². The van der Waals surface area contributed by atoms with E-state index in [1.54, 1.807) is 6.20 Å². The van der Waals surface area contributed by atoms with Crippen LogP contribution in [0, 0.1) is 11.8 Å². The van der Waals surface area contributed by atoms with Gasteiger partial charge in [0.25, 0.3) is 0 Å². The molecule has 2 aliphatic heterocycles. The van der Waals surface area contributed by atoms with Gasteiger partial charge in [-0.3, -0.25) is 14.5 Å². The highest BCUT2D eigenvalue weighted by Crippen LogP contribution is 2.32. The molecule has 4 aromatic carbocycles. The summed E-state index contributed by atoms with van der Waals surface area (Å²) in [5.41, 5.74) is 6.78. The molecule has 0 radical (unpaired) electrons. The van der Waals surface area contributed by atoms with Crippen LogP contribution in [-0.2, 0) is 27.0 Å². The van der Waals surface area contributed by atoms with E-state index in [-0.39, 0.29) is 30.4 Å². The zero-order chi connectivity index (χ0) is 42.9. The fourth-order valence-corrected chi connectivity index (χ4v) is 8.29. The fourth-order valence-electron chi connectivity index (χ4n) is 7.96. The Morgan fingerprint density at radius 3 is 1.97 bits per heavy atom. The topological polar surface area (TPSA) is 139 Å². The van der Waals surface area contributed by atoms with Gasteiger partial charge in [-0.1, -0.05) is 109 Å². The van der Waals surface area contributed by atoms with Gasteiger partial charge in [0.15, 0.2) is 0 Å². The number of benzene rings is 4. The summed E-state index contributed by atoms with van der Waals surface area (Å²) in [6.07, 6.45) is 13.1. The number of unbranched alkanes of at least 4 members (excludes halogenated alkanes) is 1. The number of aromatic amines is 2. The molecule has 0 aliphatic carbocycles. The van der Waals surface area contributed by atoms with Gasteiger partial charge in [-0.05, 0) is 92.6 Å². The van der Waals surface area contributed by atoms with Crippen LogP contribution in [0.2, 0.25) is 0 Å². The molecule has 2 amide bonds. The van der Waals surface area contributed by atoms with E-state index in [0.29, 0.717) is 13.1 Å². The van der Waals surface area contributed by atoms with Crippen LogP contribution in [0.15, 0.2) is 128 Å². The number of H-pyrrole nitrogens is 2. The van der Waals surface area contributed by atoms with Crippen molar-refractivity contribution in [2.24, 2.45) is 0 Å². The van der Waals surface area contributed by atoms with E-state index in [0.717, 1.165) is 109 Å².